The summed E-state index contributed by atoms with van der Waals surface area (Å²) in [4.78, 5) is 2.00. The van der Waals surface area contributed by atoms with Crippen molar-refractivity contribution in [3.63, 3.8) is 0 Å². The molecule has 0 aliphatic carbocycles. The van der Waals surface area contributed by atoms with Gasteiger partial charge in [0.15, 0.2) is 0 Å². The molecule has 1 aliphatic rings. The number of aliphatic hydroxyl groups is 1. The maximum absolute atomic E-state index is 10.4. The highest BCUT2D eigenvalue weighted by atomic mass is 33.1. The van der Waals surface area contributed by atoms with Crippen molar-refractivity contribution in [2.24, 2.45) is 0 Å². The topological polar surface area (TPSA) is 87.1 Å². The van der Waals surface area contributed by atoms with Gasteiger partial charge in [0.05, 0.1) is 19.3 Å². The van der Waals surface area contributed by atoms with Crippen LogP contribution in [0.1, 0.15) is 0 Å². The lowest BCUT2D eigenvalue weighted by molar-refractivity contribution is 0.0188. The number of morpholine rings is 1. The highest BCUT2D eigenvalue weighted by Gasteiger charge is 2.17. The van der Waals surface area contributed by atoms with Crippen LogP contribution < -0.4 is 0 Å². The van der Waals surface area contributed by atoms with Crippen LogP contribution in [0.25, 0.3) is 0 Å². The molecule has 1 aliphatic heterocycles. The Labute approximate surface area is 92.7 Å². The van der Waals surface area contributed by atoms with Crippen molar-refractivity contribution in [3.05, 3.63) is 0 Å². The van der Waals surface area contributed by atoms with Crippen molar-refractivity contribution in [2.45, 2.75) is 6.10 Å². The minimum absolute atomic E-state index is 0.0177. The maximum Gasteiger partial charge on any atom is 0.319 e. The van der Waals surface area contributed by atoms with Crippen LogP contribution in [-0.2, 0) is 13.9 Å². The fourth-order valence-corrected chi connectivity index (χ4v) is 2.72. The number of aliphatic hydroxyl groups excluding tert-OH is 1. The van der Waals surface area contributed by atoms with E-state index in [0.717, 1.165) is 13.1 Å². The second-order valence-corrected chi connectivity index (χ2v) is 6.67. The Morgan fingerprint density at radius 3 is 2.53 bits per heavy atom. The Hall–Kier alpha value is 0.140. The monoisotopic (exact) mass is 257 g/mol. The Kier molecular flexibility index (Phi) is 5.30. The minimum Gasteiger partial charge on any atom is -0.391 e. The van der Waals surface area contributed by atoms with Gasteiger partial charge in [-0.05, 0) is 10.8 Å². The SMILES string of the molecule is O=S(=O)(O)SCC(O)CN1CCOCC1. The first-order chi connectivity index (χ1) is 6.97. The van der Waals surface area contributed by atoms with E-state index in [1.54, 1.807) is 0 Å². The largest absolute Gasteiger partial charge is 0.391 e. The van der Waals surface area contributed by atoms with Crippen LogP contribution >= 0.6 is 10.8 Å². The summed E-state index contributed by atoms with van der Waals surface area (Å²) in [6, 6.07) is 0. The summed E-state index contributed by atoms with van der Waals surface area (Å²) in [6.45, 7) is 3.17. The number of ether oxygens (including phenoxy) is 1. The van der Waals surface area contributed by atoms with Gasteiger partial charge in [-0.25, -0.2) is 0 Å². The van der Waals surface area contributed by atoms with Crippen molar-refractivity contribution in [3.8, 4) is 0 Å². The molecule has 90 valence electrons. The van der Waals surface area contributed by atoms with E-state index in [0.29, 0.717) is 30.6 Å². The first-order valence-electron chi connectivity index (χ1n) is 4.57. The molecule has 0 aromatic rings. The molecule has 0 aromatic heterocycles. The fraction of sp³-hybridized carbons (Fsp3) is 1.00. The highest BCUT2D eigenvalue weighted by molar-refractivity contribution is 8.69. The first-order valence-corrected chi connectivity index (χ1v) is 7.51. The zero-order valence-electron chi connectivity index (χ0n) is 8.20. The van der Waals surface area contributed by atoms with Crippen molar-refractivity contribution in [1.82, 2.24) is 4.90 Å². The van der Waals surface area contributed by atoms with Crippen LogP contribution in [0, 0.1) is 0 Å². The van der Waals surface area contributed by atoms with Gasteiger partial charge < -0.3 is 9.84 Å². The standard InChI is InChI=1S/C7H15NO5S2/c9-7(6-14-15(10,11)12)5-8-1-3-13-4-2-8/h7,9H,1-6H2,(H,10,11,12). The molecule has 8 heteroatoms. The van der Waals surface area contributed by atoms with E-state index >= 15 is 0 Å². The molecule has 0 spiro atoms. The third-order valence-corrected chi connectivity index (χ3v) is 4.10. The van der Waals surface area contributed by atoms with E-state index in [9.17, 15) is 13.5 Å². The Morgan fingerprint density at radius 1 is 1.40 bits per heavy atom. The minimum atomic E-state index is -4.05. The van der Waals surface area contributed by atoms with Crippen LogP contribution in [0.5, 0.6) is 0 Å². The maximum atomic E-state index is 10.4. The quantitative estimate of drug-likeness (QED) is 0.493. The first kappa shape index (κ1) is 13.2. The van der Waals surface area contributed by atoms with Gasteiger partial charge in [0.2, 0.25) is 0 Å². The van der Waals surface area contributed by atoms with Gasteiger partial charge in [0.1, 0.15) is 0 Å². The van der Waals surface area contributed by atoms with E-state index in [1.807, 2.05) is 4.90 Å². The molecule has 15 heavy (non-hydrogen) atoms. The molecule has 0 bridgehead atoms. The third-order valence-electron chi connectivity index (χ3n) is 1.98. The van der Waals surface area contributed by atoms with Gasteiger partial charge in [-0.1, -0.05) is 0 Å². The lowest BCUT2D eigenvalue weighted by Gasteiger charge is -2.28. The smallest absolute Gasteiger partial charge is 0.319 e. The van der Waals surface area contributed by atoms with Crippen molar-refractivity contribution in [1.29, 1.82) is 0 Å². The fourth-order valence-electron chi connectivity index (χ4n) is 1.30. The molecule has 0 amide bonds. The van der Waals surface area contributed by atoms with E-state index in [2.05, 4.69) is 0 Å². The molecular weight excluding hydrogens is 242 g/mol. The van der Waals surface area contributed by atoms with Gasteiger partial charge >= 0.3 is 9.15 Å². The predicted octanol–water partition coefficient (Wildman–Crippen LogP) is -0.784. The van der Waals surface area contributed by atoms with E-state index in [4.69, 9.17) is 9.29 Å². The molecule has 1 saturated heterocycles. The van der Waals surface area contributed by atoms with E-state index in [1.165, 1.54) is 0 Å². The Morgan fingerprint density at radius 2 is 2.00 bits per heavy atom. The van der Waals surface area contributed by atoms with Crippen LogP contribution in [0.15, 0.2) is 0 Å². The molecule has 1 rings (SSSR count). The zero-order chi connectivity index (χ0) is 11.3. The molecule has 6 nitrogen and oxygen atoms in total. The summed E-state index contributed by atoms with van der Waals surface area (Å²) in [5, 5.41) is 9.49. The Bertz CT molecular complexity index is 275. The molecule has 2 N–H and O–H groups in total. The van der Waals surface area contributed by atoms with Crippen LogP contribution in [0.3, 0.4) is 0 Å². The van der Waals surface area contributed by atoms with Gasteiger partial charge in [-0.2, -0.15) is 8.42 Å². The van der Waals surface area contributed by atoms with Gasteiger partial charge in [0, 0.05) is 25.4 Å². The van der Waals surface area contributed by atoms with Gasteiger partial charge in [-0.3, -0.25) is 9.45 Å². The van der Waals surface area contributed by atoms with Crippen molar-refractivity contribution < 1.29 is 22.8 Å². The predicted molar refractivity (Wildman–Crippen MR) is 57.3 cm³/mol. The van der Waals surface area contributed by atoms with Crippen LogP contribution in [-0.4, -0.2) is 67.7 Å². The third kappa shape index (κ3) is 6.33. The lowest BCUT2D eigenvalue weighted by Crippen LogP contribution is -2.41. The van der Waals surface area contributed by atoms with Gasteiger partial charge in [-0.15, -0.1) is 0 Å². The van der Waals surface area contributed by atoms with Crippen molar-refractivity contribution >= 4 is 19.9 Å². The number of rotatable bonds is 5. The summed E-state index contributed by atoms with van der Waals surface area (Å²) >= 11 is 0. The normalized spacial score (nSPS) is 21.5. The van der Waals surface area contributed by atoms with Crippen molar-refractivity contribution in [2.75, 3.05) is 38.6 Å². The molecule has 1 atom stereocenters. The number of hydrogen-bond acceptors (Lipinski definition) is 6. The summed E-state index contributed by atoms with van der Waals surface area (Å²) in [6.07, 6.45) is -0.755. The molecule has 1 fully saturated rings. The number of β-amino-alcohol motifs (C(OH)–C–C–N with tert-alkyl or cyclic N) is 1. The number of nitrogens with zero attached hydrogens (tertiary/aromatic N) is 1. The lowest BCUT2D eigenvalue weighted by atomic mass is 10.3. The summed E-state index contributed by atoms with van der Waals surface area (Å²) in [7, 11) is -3.70. The molecule has 0 saturated carbocycles. The number of hydrogen-bond donors (Lipinski definition) is 2. The highest BCUT2D eigenvalue weighted by Crippen LogP contribution is 2.11. The summed E-state index contributed by atoms with van der Waals surface area (Å²) in [5.41, 5.74) is 0. The average molecular weight is 257 g/mol. The van der Waals surface area contributed by atoms with E-state index in [-0.39, 0.29) is 5.75 Å². The molecule has 0 radical (unpaired) electrons. The molecule has 1 heterocycles. The van der Waals surface area contributed by atoms with Crippen LogP contribution in [0.2, 0.25) is 0 Å². The Balaban J connectivity index is 2.20. The molecule has 0 aromatic carbocycles. The second kappa shape index (κ2) is 6.02. The molecular formula is C7H15NO5S2. The zero-order valence-corrected chi connectivity index (χ0v) is 9.84. The van der Waals surface area contributed by atoms with Crippen LogP contribution in [0.4, 0.5) is 0 Å². The average Bonchev–Trinajstić information content (AvgIpc) is 2.15. The summed E-state index contributed by atoms with van der Waals surface area (Å²) < 4.78 is 34.4. The van der Waals surface area contributed by atoms with E-state index < -0.39 is 15.3 Å². The second-order valence-electron chi connectivity index (χ2n) is 3.28. The molecule has 1 unspecified atom stereocenters. The summed E-state index contributed by atoms with van der Waals surface area (Å²) in [5.74, 6) is -0.0177. The van der Waals surface area contributed by atoms with Gasteiger partial charge in [0.25, 0.3) is 0 Å².